The van der Waals surface area contributed by atoms with E-state index < -0.39 is 5.69 Å². The number of nitrogens with zero attached hydrogens (tertiary/aromatic N) is 6. The van der Waals surface area contributed by atoms with Gasteiger partial charge in [-0.15, -0.1) is 5.10 Å². The van der Waals surface area contributed by atoms with Gasteiger partial charge in [-0.1, -0.05) is 29.8 Å². The second kappa shape index (κ2) is 8.05. The zero-order valence-electron chi connectivity index (χ0n) is 18.1. The Balaban J connectivity index is 1.56. The minimum absolute atomic E-state index is 0.147. The van der Waals surface area contributed by atoms with Crippen molar-refractivity contribution < 1.29 is 9.13 Å². The molecule has 0 bridgehead atoms. The van der Waals surface area contributed by atoms with Crippen molar-refractivity contribution >= 4 is 16.8 Å². The van der Waals surface area contributed by atoms with E-state index in [0.29, 0.717) is 11.3 Å². The standard InChI is InChI=1S/C23H21FN6O3/c1-15-3-5-16(6-4-15)13-28-21(31)20-19(14-27(2)25-20)30-22(28)26-29(23(30)32)11-12-33-18-9-7-17(24)8-10-18/h3-10,14H,11-13H2,1-2H3. The quantitative estimate of drug-likeness (QED) is 0.397. The SMILES string of the molecule is Cc1ccc(Cn2c(=O)c3nn(C)cc3n3c(=O)n(CCOc4ccc(F)cc4)nc23)cc1. The van der Waals surface area contributed by atoms with E-state index in [4.69, 9.17) is 4.74 Å². The third-order valence-corrected chi connectivity index (χ3v) is 5.41. The van der Waals surface area contributed by atoms with Crippen LogP contribution in [0.3, 0.4) is 0 Å². The van der Waals surface area contributed by atoms with E-state index in [1.165, 1.54) is 42.6 Å². The molecule has 0 aliphatic rings. The highest BCUT2D eigenvalue weighted by Gasteiger charge is 2.20. The van der Waals surface area contributed by atoms with Crippen molar-refractivity contribution in [2.75, 3.05) is 6.61 Å². The summed E-state index contributed by atoms with van der Waals surface area (Å²) in [5.41, 5.74) is 1.89. The summed E-state index contributed by atoms with van der Waals surface area (Å²) in [7, 11) is 1.70. The molecular weight excluding hydrogens is 427 g/mol. The Morgan fingerprint density at radius 3 is 2.45 bits per heavy atom. The van der Waals surface area contributed by atoms with Gasteiger partial charge < -0.3 is 4.74 Å². The lowest BCUT2D eigenvalue weighted by molar-refractivity contribution is 0.288. The maximum Gasteiger partial charge on any atom is 0.352 e. The lowest BCUT2D eigenvalue weighted by Gasteiger charge is -2.08. The second-order valence-electron chi connectivity index (χ2n) is 7.86. The number of aryl methyl sites for hydroxylation is 2. The summed E-state index contributed by atoms with van der Waals surface area (Å²) in [6.07, 6.45) is 1.63. The topological polar surface area (TPSA) is 88.4 Å². The Hall–Kier alpha value is -4.21. The normalized spacial score (nSPS) is 11.5. The van der Waals surface area contributed by atoms with Crippen molar-refractivity contribution in [1.29, 1.82) is 0 Å². The molecule has 0 aliphatic heterocycles. The van der Waals surface area contributed by atoms with Gasteiger partial charge in [0.1, 0.15) is 23.7 Å². The van der Waals surface area contributed by atoms with E-state index in [2.05, 4.69) is 10.2 Å². The van der Waals surface area contributed by atoms with E-state index in [-0.39, 0.29) is 42.4 Å². The van der Waals surface area contributed by atoms with Gasteiger partial charge in [0, 0.05) is 13.2 Å². The molecule has 0 aliphatic carbocycles. The van der Waals surface area contributed by atoms with Gasteiger partial charge in [-0.25, -0.2) is 18.3 Å². The zero-order valence-corrected chi connectivity index (χ0v) is 18.1. The van der Waals surface area contributed by atoms with Crippen LogP contribution in [-0.4, -0.2) is 35.1 Å². The average Bonchev–Trinajstić information content (AvgIpc) is 3.34. The van der Waals surface area contributed by atoms with E-state index in [0.717, 1.165) is 11.1 Å². The van der Waals surface area contributed by atoms with Crippen LogP contribution < -0.4 is 16.0 Å². The number of hydrogen-bond acceptors (Lipinski definition) is 5. The van der Waals surface area contributed by atoms with Crippen LogP contribution in [0.15, 0.2) is 64.3 Å². The second-order valence-corrected chi connectivity index (χ2v) is 7.86. The Labute approximate surface area is 186 Å². The summed E-state index contributed by atoms with van der Waals surface area (Å²) in [5, 5.41) is 8.71. The van der Waals surface area contributed by atoms with Gasteiger partial charge in [0.15, 0.2) is 5.52 Å². The molecule has 0 atom stereocenters. The number of fused-ring (bicyclic) bond motifs is 3. The van der Waals surface area contributed by atoms with E-state index >= 15 is 0 Å². The van der Waals surface area contributed by atoms with Crippen molar-refractivity contribution in [3.63, 3.8) is 0 Å². The third-order valence-electron chi connectivity index (χ3n) is 5.41. The molecule has 0 radical (unpaired) electrons. The molecule has 5 aromatic rings. The largest absolute Gasteiger partial charge is 0.492 e. The molecule has 5 rings (SSSR count). The summed E-state index contributed by atoms with van der Waals surface area (Å²) in [6.45, 7) is 2.53. The summed E-state index contributed by atoms with van der Waals surface area (Å²) in [6, 6.07) is 13.4. The van der Waals surface area contributed by atoms with Gasteiger partial charge >= 0.3 is 5.69 Å². The maximum atomic E-state index is 13.2. The van der Waals surface area contributed by atoms with Crippen molar-refractivity contribution in [2.24, 2.45) is 7.05 Å². The highest BCUT2D eigenvalue weighted by Crippen LogP contribution is 2.13. The molecule has 168 valence electrons. The fraction of sp³-hybridized carbons (Fsp3) is 0.217. The molecular formula is C23H21FN6O3. The number of rotatable bonds is 6. The van der Waals surface area contributed by atoms with Gasteiger partial charge in [0.2, 0.25) is 5.78 Å². The molecule has 0 spiro atoms. The van der Waals surface area contributed by atoms with Crippen molar-refractivity contribution in [2.45, 2.75) is 20.0 Å². The lowest BCUT2D eigenvalue weighted by Crippen LogP contribution is -2.27. The highest BCUT2D eigenvalue weighted by molar-refractivity contribution is 5.75. The van der Waals surface area contributed by atoms with Crippen molar-refractivity contribution in [1.82, 2.24) is 28.5 Å². The first kappa shape index (κ1) is 20.7. The molecule has 10 heteroatoms. The van der Waals surface area contributed by atoms with Crippen LogP contribution in [0, 0.1) is 12.7 Å². The molecule has 2 aromatic carbocycles. The zero-order chi connectivity index (χ0) is 23.1. The first-order chi connectivity index (χ1) is 15.9. The van der Waals surface area contributed by atoms with Gasteiger partial charge in [-0.2, -0.15) is 5.10 Å². The number of aromatic nitrogens is 6. The smallest absolute Gasteiger partial charge is 0.352 e. The molecule has 0 N–H and O–H groups in total. The number of halogens is 1. The molecule has 33 heavy (non-hydrogen) atoms. The van der Waals surface area contributed by atoms with Crippen molar-refractivity contribution in [3.05, 3.63) is 92.5 Å². The Kier molecular flexibility index (Phi) is 5.04. The van der Waals surface area contributed by atoms with E-state index in [9.17, 15) is 14.0 Å². The summed E-state index contributed by atoms with van der Waals surface area (Å²) in [5.74, 6) is 0.359. The molecule has 0 amide bonds. The van der Waals surface area contributed by atoms with Gasteiger partial charge in [0.05, 0.1) is 13.1 Å². The predicted octanol–water partition coefficient (Wildman–Crippen LogP) is 2.12. The highest BCUT2D eigenvalue weighted by atomic mass is 19.1. The molecule has 0 fully saturated rings. The van der Waals surface area contributed by atoms with Crippen LogP contribution >= 0.6 is 0 Å². The van der Waals surface area contributed by atoms with E-state index in [1.54, 1.807) is 13.2 Å². The number of ether oxygens (including phenoxy) is 1. The van der Waals surface area contributed by atoms with Crippen LogP contribution in [0.5, 0.6) is 5.75 Å². The van der Waals surface area contributed by atoms with Crippen LogP contribution in [0.2, 0.25) is 0 Å². The van der Waals surface area contributed by atoms with Crippen molar-refractivity contribution in [3.8, 4) is 5.75 Å². The molecule has 0 saturated heterocycles. The first-order valence-electron chi connectivity index (χ1n) is 10.4. The Morgan fingerprint density at radius 1 is 1.00 bits per heavy atom. The molecule has 9 nitrogen and oxygen atoms in total. The van der Waals surface area contributed by atoms with Crippen LogP contribution in [0.1, 0.15) is 11.1 Å². The third kappa shape index (κ3) is 3.79. The van der Waals surface area contributed by atoms with Gasteiger partial charge in [0.25, 0.3) is 5.56 Å². The molecule has 3 aromatic heterocycles. The van der Waals surface area contributed by atoms with Crippen LogP contribution in [-0.2, 0) is 20.1 Å². The summed E-state index contributed by atoms with van der Waals surface area (Å²) >= 11 is 0. The summed E-state index contributed by atoms with van der Waals surface area (Å²) in [4.78, 5) is 26.4. The van der Waals surface area contributed by atoms with Crippen LogP contribution in [0.4, 0.5) is 4.39 Å². The minimum atomic E-state index is -0.400. The minimum Gasteiger partial charge on any atom is -0.492 e. The number of hydrogen-bond donors (Lipinski definition) is 0. The fourth-order valence-corrected chi connectivity index (χ4v) is 3.74. The van der Waals surface area contributed by atoms with Gasteiger partial charge in [-0.3, -0.25) is 14.0 Å². The molecule has 0 unspecified atom stereocenters. The number of benzene rings is 2. The summed E-state index contributed by atoms with van der Waals surface area (Å²) < 4.78 is 24.3. The lowest BCUT2D eigenvalue weighted by atomic mass is 10.1. The average molecular weight is 448 g/mol. The first-order valence-corrected chi connectivity index (χ1v) is 10.4. The maximum absolute atomic E-state index is 13.2. The predicted molar refractivity (Wildman–Crippen MR) is 120 cm³/mol. The van der Waals surface area contributed by atoms with E-state index in [1.807, 2.05) is 31.2 Å². The monoisotopic (exact) mass is 448 g/mol. The molecule has 3 heterocycles. The molecule has 0 saturated carbocycles. The van der Waals surface area contributed by atoms with Gasteiger partial charge in [-0.05, 0) is 36.8 Å². The Bertz CT molecular complexity index is 1580. The van der Waals surface area contributed by atoms with Crippen LogP contribution in [0.25, 0.3) is 16.8 Å². The fourth-order valence-electron chi connectivity index (χ4n) is 3.74. The Morgan fingerprint density at radius 2 is 1.73 bits per heavy atom.